The van der Waals surface area contributed by atoms with E-state index in [9.17, 15) is 5.11 Å². The summed E-state index contributed by atoms with van der Waals surface area (Å²) in [5.74, 6) is 0.679. The van der Waals surface area contributed by atoms with Crippen molar-refractivity contribution >= 4 is 0 Å². The first-order chi connectivity index (χ1) is 8.29. The molecule has 1 nitrogen and oxygen atoms in total. The van der Waals surface area contributed by atoms with E-state index in [0.717, 1.165) is 25.7 Å². The molecule has 1 saturated carbocycles. The molecule has 2 rings (SSSR count). The lowest BCUT2D eigenvalue weighted by Gasteiger charge is -2.25. The highest BCUT2D eigenvalue weighted by Crippen LogP contribution is 2.32. The lowest BCUT2D eigenvalue weighted by atomic mass is 9.82. The Hall–Kier alpha value is -0.820. The third-order valence-corrected chi connectivity index (χ3v) is 3.97. The summed E-state index contributed by atoms with van der Waals surface area (Å²) < 4.78 is 0. The molecular formula is C16H24O. The van der Waals surface area contributed by atoms with Gasteiger partial charge in [0.15, 0.2) is 0 Å². The van der Waals surface area contributed by atoms with Gasteiger partial charge in [0, 0.05) is 0 Å². The van der Waals surface area contributed by atoms with E-state index in [1.807, 2.05) is 0 Å². The molecule has 1 N–H and O–H groups in total. The van der Waals surface area contributed by atoms with E-state index in [1.54, 1.807) is 0 Å². The van der Waals surface area contributed by atoms with Crippen LogP contribution in [0.15, 0.2) is 24.3 Å². The van der Waals surface area contributed by atoms with Gasteiger partial charge in [0.05, 0.1) is 6.10 Å². The smallest absolute Gasteiger partial charge is 0.0540 e. The molecule has 0 amide bonds. The molecule has 0 saturated heterocycles. The van der Waals surface area contributed by atoms with E-state index >= 15 is 0 Å². The van der Waals surface area contributed by atoms with Crippen molar-refractivity contribution in [2.45, 2.75) is 63.9 Å². The molecule has 1 aromatic carbocycles. The second kappa shape index (κ2) is 6.20. The number of hydrogen-bond acceptors (Lipinski definition) is 1. The van der Waals surface area contributed by atoms with Gasteiger partial charge in [-0.25, -0.2) is 0 Å². The molecule has 0 aliphatic heterocycles. The molecule has 1 aliphatic carbocycles. The predicted molar refractivity (Wildman–Crippen MR) is 72.3 cm³/mol. The van der Waals surface area contributed by atoms with E-state index in [0.29, 0.717) is 5.92 Å². The Labute approximate surface area is 105 Å². The highest BCUT2D eigenvalue weighted by molar-refractivity contribution is 5.25. The number of aliphatic hydroxyl groups is 1. The molecule has 1 aliphatic rings. The van der Waals surface area contributed by atoms with Crippen molar-refractivity contribution in [3.8, 4) is 0 Å². The highest BCUT2D eigenvalue weighted by Gasteiger charge is 2.20. The van der Waals surface area contributed by atoms with E-state index in [-0.39, 0.29) is 6.10 Å². The van der Waals surface area contributed by atoms with Gasteiger partial charge in [-0.2, -0.15) is 0 Å². The van der Waals surface area contributed by atoms with Crippen LogP contribution in [-0.4, -0.2) is 11.2 Å². The maximum Gasteiger partial charge on any atom is 0.0540 e. The van der Waals surface area contributed by atoms with Crippen LogP contribution in [0.5, 0.6) is 0 Å². The largest absolute Gasteiger partial charge is 0.393 e. The van der Waals surface area contributed by atoms with E-state index < -0.39 is 0 Å². The van der Waals surface area contributed by atoms with Crippen molar-refractivity contribution < 1.29 is 5.11 Å². The molecule has 0 unspecified atom stereocenters. The average Bonchev–Trinajstić information content (AvgIpc) is 2.38. The highest BCUT2D eigenvalue weighted by atomic mass is 16.3. The van der Waals surface area contributed by atoms with Gasteiger partial charge in [-0.3, -0.25) is 0 Å². The summed E-state index contributed by atoms with van der Waals surface area (Å²) >= 11 is 0. The number of hydrogen-bond donors (Lipinski definition) is 1. The Kier molecular flexibility index (Phi) is 4.61. The van der Waals surface area contributed by atoms with Gasteiger partial charge in [-0.05, 0) is 55.6 Å². The molecule has 0 atom stereocenters. The first-order valence-corrected chi connectivity index (χ1v) is 7.06. The minimum absolute atomic E-state index is 0.0462. The molecule has 1 aromatic rings. The van der Waals surface area contributed by atoms with Crippen LogP contribution in [0.2, 0.25) is 0 Å². The number of benzene rings is 1. The minimum atomic E-state index is -0.0462. The summed E-state index contributed by atoms with van der Waals surface area (Å²) in [5, 5.41) is 9.52. The Morgan fingerprint density at radius 1 is 1.06 bits per heavy atom. The maximum absolute atomic E-state index is 9.52. The Morgan fingerprint density at radius 3 is 2.29 bits per heavy atom. The summed E-state index contributed by atoms with van der Waals surface area (Å²) in [6, 6.07) is 9.17. The molecule has 94 valence electrons. The molecule has 1 fully saturated rings. The van der Waals surface area contributed by atoms with E-state index in [2.05, 4.69) is 31.2 Å². The fraction of sp³-hybridized carbons (Fsp3) is 0.625. The van der Waals surface area contributed by atoms with Crippen molar-refractivity contribution in [3.63, 3.8) is 0 Å². The molecule has 17 heavy (non-hydrogen) atoms. The van der Waals surface area contributed by atoms with Crippen molar-refractivity contribution in [2.75, 3.05) is 0 Å². The van der Waals surface area contributed by atoms with Gasteiger partial charge in [0.25, 0.3) is 0 Å². The topological polar surface area (TPSA) is 20.2 Å². The van der Waals surface area contributed by atoms with Crippen molar-refractivity contribution in [1.29, 1.82) is 0 Å². The van der Waals surface area contributed by atoms with Crippen molar-refractivity contribution in [1.82, 2.24) is 0 Å². The zero-order valence-electron chi connectivity index (χ0n) is 10.9. The van der Waals surface area contributed by atoms with Gasteiger partial charge in [0.2, 0.25) is 0 Å². The van der Waals surface area contributed by atoms with Crippen molar-refractivity contribution in [3.05, 3.63) is 35.4 Å². The normalized spacial score (nSPS) is 24.8. The fourth-order valence-electron chi connectivity index (χ4n) is 2.75. The molecule has 1 heteroatoms. The zero-order valence-corrected chi connectivity index (χ0v) is 10.9. The molecule has 0 bridgehead atoms. The Bertz CT molecular complexity index is 320. The standard InChI is InChI=1S/C16H24O/c1-2-3-4-13-5-7-14(8-6-13)15-9-11-16(17)12-10-15/h5-8,15-17H,2-4,9-12H2,1H3. The van der Waals surface area contributed by atoms with Crippen LogP contribution in [-0.2, 0) is 6.42 Å². The lowest BCUT2D eigenvalue weighted by Crippen LogP contribution is -2.16. The van der Waals surface area contributed by atoms with Crippen LogP contribution in [0.25, 0.3) is 0 Å². The van der Waals surface area contributed by atoms with Crippen LogP contribution in [0, 0.1) is 0 Å². The van der Waals surface area contributed by atoms with Gasteiger partial charge in [0.1, 0.15) is 0 Å². The summed E-state index contributed by atoms with van der Waals surface area (Å²) in [6.07, 6.45) is 7.96. The summed E-state index contributed by atoms with van der Waals surface area (Å²) in [4.78, 5) is 0. The third kappa shape index (κ3) is 3.57. The maximum atomic E-state index is 9.52. The van der Waals surface area contributed by atoms with E-state index in [1.165, 1.54) is 30.4 Å². The first kappa shape index (κ1) is 12.6. The molecule has 0 heterocycles. The average molecular weight is 232 g/mol. The van der Waals surface area contributed by atoms with Crippen LogP contribution in [0.4, 0.5) is 0 Å². The lowest BCUT2D eigenvalue weighted by molar-refractivity contribution is 0.122. The molecule has 0 spiro atoms. The monoisotopic (exact) mass is 232 g/mol. The first-order valence-electron chi connectivity index (χ1n) is 7.06. The van der Waals surface area contributed by atoms with Gasteiger partial charge < -0.3 is 5.11 Å². The number of unbranched alkanes of at least 4 members (excludes halogenated alkanes) is 1. The third-order valence-electron chi connectivity index (χ3n) is 3.97. The van der Waals surface area contributed by atoms with Gasteiger partial charge in [-0.1, -0.05) is 37.6 Å². The Morgan fingerprint density at radius 2 is 1.71 bits per heavy atom. The van der Waals surface area contributed by atoms with Crippen LogP contribution < -0.4 is 0 Å². The summed E-state index contributed by atoms with van der Waals surface area (Å²) in [7, 11) is 0. The SMILES string of the molecule is CCCCc1ccc(C2CCC(O)CC2)cc1. The zero-order chi connectivity index (χ0) is 12.1. The van der Waals surface area contributed by atoms with Crippen LogP contribution in [0.1, 0.15) is 62.5 Å². The second-order valence-electron chi connectivity index (χ2n) is 5.35. The molecule has 0 radical (unpaired) electrons. The fourth-order valence-corrected chi connectivity index (χ4v) is 2.75. The summed E-state index contributed by atoms with van der Waals surface area (Å²) in [5.41, 5.74) is 2.93. The number of aryl methyl sites for hydroxylation is 1. The van der Waals surface area contributed by atoms with E-state index in [4.69, 9.17) is 0 Å². The predicted octanol–water partition coefficient (Wildman–Crippen LogP) is 4.05. The quantitative estimate of drug-likeness (QED) is 0.830. The molecular weight excluding hydrogens is 208 g/mol. The molecule has 0 aromatic heterocycles. The second-order valence-corrected chi connectivity index (χ2v) is 5.35. The van der Waals surface area contributed by atoms with Crippen LogP contribution >= 0.6 is 0 Å². The number of rotatable bonds is 4. The van der Waals surface area contributed by atoms with Gasteiger partial charge >= 0.3 is 0 Å². The van der Waals surface area contributed by atoms with Crippen molar-refractivity contribution in [2.24, 2.45) is 0 Å². The van der Waals surface area contributed by atoms with Crippen LogP contribution in [0.3, 0.4) is 0 Å². The van der Waals surface area contributed by atoms with Gasteiger partial charge in [-0.15, -0.1) is 0 Å². The minimum Gasteiger partial charge on any atom is -0.393 e. The number of aliphatic hydroxyl groups excluding tert-OH is 1. The summed E-state index contributed by atoms with van der Waals surface area (Å²) in [6.45, 7) is 2.24. The Balaban J connectivity index is 1.93.